The summed E-state index contributed by atoms with van der Waals surface area (Å²) in [7, 11) is 0. The number of nitrogens with zero attached hydrogens (tertiary/aromatic N) is 9. The Balaban J connectivity index is 0.661. The van der Waals surface area contributed by atoms with Crippen molar-refractivity contribution in [3.05, 3.63) is 287 Å². The molecule has 0 fully saturated rings. The molecule has 9 aromatic heterocycles. The lowest BCUT2D eigenvalue weighted by molar-refractivity contribution is -0.142. The minimum absolute atomic E-state index is 0.0183. The van der Waals surface area contributed by atoms with Crippen LogP contribution in [0.4, 0.5) is 0 Å². The molecule has 30 N–H and O–H groups in total. The number of carboxylic acids is 3. The lowest BCUT2D eigenvalue weighted by Gasteiger charge is -2.24. The molecule has 0 unspecified atom stereocenters. The van der Waals surface area contributed by atoms with Gasteiger partial charge in [-0.3, -0.25) is 60.9 Å². The van der Waals surface area contributed by atoms with E-state index in [1.807, 2.05) is 182 Å². The fourth-order valence-electron chi connectivity index (χ4n) is 18.4. The van der Waals surface area contributed by atoms with Crippen LogP contribution in [0.1, 0.15) is 106 Å². The second-order valence-corrected chi connectivity index (χ2v) is 36.4. The van der Waals surface area contributed by atoms with Gasteiger partial charge >= 0.3 is 17.9 Å². The lowest BCUT2D eigenvalue weighted by atomic mass is 10.0. The van der Waals surface area contributed by atoms with E-state index in [-0.39, 0.29) is 154 Å². The van der Waals surface area contributed by atoms with Crippen molar-refractivity contribution in [2.75, 3.05) is 19.6 Å². The van der Waals surface area contributed by atoms with Crippen LogP contribution in [0.3, 0.4) is 0 Å². The zero-order chi connectivity index (χ0) is 103. The van der Waals surface area contributed by atoms with Gasteiger partial charge in [0.15, 0.2) is 17.9 Å². The van der Waals surface area contributed by atoms with Crippen molar-refractivity contribution in [3.8, 4) is 0 Å². The number of para-hydroxylation sites is 6. The molecule has 9 heterocycles. The van der Waals surface area contributed by atoms with E-state index in [0.717, 1.165) is 98.8 Å². The van der Waals surface area contributed by atoms with E-state index in [0.29, 0.717) is 33.8 Å². The molecule has 147 heavy (non-hydrogen) atoms. The number of carboxylic acid groups (broad SMARTS) is 3. The molecule has 0 aliphatic rings. The number of nitrogens with one attached hydrogen (secondary N) is 21. The van der Waals surface area contributed by atoms with E-state index in [2.05, 4.69) is 125 Å². The highest BCUT2D eigenvalue weighted by Crippen LogP contribution is 2.28. The molecule has 0 saturated heterocycles. The van der Waals surface area contributed by atoms with Crippen molar-refractivity contribution in [1.29, 1.82) is 16.2 Å². The first-order valence-corrected chi connectivity index (χ1v) is 48.2. The molecule has 6 amide bonds. The Morgan fingerprint density at radius 1 is 0.299 bits per heavy atom. The minimum atomic E-state index is -1.39. The molecule has 45 heteroatoms. The largest absolute Gasteiger partial charge is 0.480 e. The number of nitrogens with two attached hydrogens (primary N) is 3. The first-order valence-electron chi connectivity index (χ1n) is 48.2. The molecule has 16 rings (SSSR count). The SMILES string of the molecule is N=C(N)NCCC[C@H](NC(=O)[C@@H](Cc1c[nH]c2ccccc12)NCc1cn(Cc2cc(Cn3cc(CN[C@H](Cc4c[nH]c5ccccc45)C(=O)N[C@@H](CCCNC(=N)N)C(=O)N[C@H](Cc4c[nH]c5ccccc45)C(=O)O)nn3)cc(Cn3cc(CN[C@H](Cc4c[nH]c5ccccc45)C(=O)N[C@@H](CCCNC(=N)N)C(=O)N[C@H](Cc4c[nH]c5ccccc45)C(=O)O)nn3)c2)nn1)C(=O)N[C@H](Cc1c[nH]c2ccccc12)C(=O)O. The molecule has 0 aliphatic heterocycles. The van der Waals surface area contributed by atoms with Crippen LogP contribution >= 0.6 is 0 Å². The van der Waals surface area contributed by atoms with Crippen LogP contribution in [-0.4, -0.2) is 235 Å². The van der Waals surface area contributed by atoms with Gasteiger partial charge in [-0.05, 0) is 144 Å². The molecule has 0 bridgehead atoms. The number of guanidine groups is 3. The van der Waals surface area contributed by atoms with Crippen molar-refractivity contribution in [3.63, 3.8) is 0 Å². The molecule has 0 radical (unpaired) electrons. The van der Waals surface area contributed by atoms with E-state index in [1.165, 1.54) is 0 Å². The summed E-state index contributed by atoms with van der Waals surface area (Å²) in [4.78, 5) is 147. The van der Waals surface area contributed by atoms with Crippen LogP contribution in [0.15, 0.2) is 220 Å². The zero-order valence-electron chi connectivity index (χ0n) is 80.1. The smallest absolute Gasteiger partial charge is 0.326 e. The van der Waals surface area contributed by atoms with Crippen molar-refractivity contribution >= 4 is 137 Å². The summed E-state index contributed by atoms with van der Waals surface area (Å²) in [5, 5.41) is 123. The molecule has 45 nitrogen and oxygen atoms in total. The molecule has 0 aliphatic carbocycles. The number of H-pyrrole nitrogens is 6. The third kappa shape index (κ3) is 27.3. The molecule has 9 atom stereocenters. The maximum atomic E-state index is 15.1. The highest BCUT2D eigenvalue weighted by atomic mass is 16.4. The van der Waals surface area contributed by atoms with Gasteiger partial charge in [0, 0.05) is 161 Å². The number of benzene rings is 7. The van der Waals surface area contributed by atoms with Crippen LogP contribution < -0.4 is 81.0 Å². The predicted octanol–water partition coefficient (Wildman–Crippen LogP) is 4.28. The average Bonchev–Trinajstić information content (AvgIpc) is 1.69. The normalized spacial score (nSPS) is 13.4. The van der Waals surface area contributed by atoms with Gasteiger partial charge in [-0.25, -0.2) is 28.4 Å². The average molecular weight is 2000 g/mol. The first kappa shape index (κ1) is 102. The Kier molecular flexibility index (Phi) is 33.5. The van der Waals surface area contributed by atoms with Crippen molar-refractivity contribution in [1.82, 2.24) is 139 Å². The van der Waals surface area contributed by atoms with Crippen LogP contribution in [0.25, 0.3) is 65.4 Å². The fraction of sp³-hybridized carbons (Fsp3) is 0.294. The second-order valence-electron chi connectivity index (χ2n) is 36.4. The summed E-state index contributed by atoms with van der Waals surface area (Å²) in [6.45, 7) is 0.831. The van der Waals surface area contributed by atoms with Crippen LogP contribution in [0.2, 0.25) is 0 Å². The first-order chi connectivity index (χ1) is 71.2. The molecule has 0 spiro atoms. The number of rotatable bonds is 54. The van der Waals surface area contributed by atoms with Gasteiger partial charge in [-0.15, -0.1) is 15.3 Å². The van der Waals surface area contributed by atoms with E-state index in [9.17, 15) is 44.1 Å². The van der Waals surface area contributed by atoms with Gasteiger partial charge in [0.1, 0.15) is 36.3 Å². The maximum absolute atomic E-state index is 15.1. The fourth-order valence-corrected chi connectivity index (χ4v) is 18.4. The van der Waals surface area contributed by atoms with Gasteiger partial charge in [-0.2, -0.15) is 0 Å². The Morgan fingerprint density at radius 2 is 0.503 bits per heavy atom. The summed E-state index contributed by atoms with van der Waals surface area (Å²) in [6, 6.07) is 39.7. The number of hydrogen-bond donors (Lipinski definition) is 27. The third-order valence-corrected chi connectivity index (χ3v) is 25.7. The highest BCUT2D eigenvalue weighted by Gasteiger charge is 2.36. The van der Waals surface area contributed by atoms with Gasteiger partial charge in [-0.1, -0.05) is 143 Å². The topological polar surface area (TPSA) is 695 Å². The van der Waals surface area contributed by atoms with Crippen molar-refractivity contribution in [2.24, 2.45) is 17.2 Å². The molecule has 16 aromatic rings. The standard InChI is InChI=1S/C102H117N33O12/c103-100(104)109-31-13-28-82(91(136)124-88(97(142)143)40-64-46-115-79-25-10-4-19-73(64)79)121-94(139)85(37-61-43-112-76-22-7-1-16-70(61)76)118-49-67-55-133(130-127-67)52-58-34-59(53-134-56-68(128-131-134)50-119-86(38-62-44-113-77-23-8-2-17-71(62)77)95(140)122-83(29-14-32-110-101(105)106)92(137)125-89(98(144)145)41-65-47-116-80-26-11-5-20-74(65)80)36-60(35-58)54-135-57-69(129-132-135)51-120-87(39-63-45-114-78-24-9-3-18-72(63)78)96(141)123-84(30-15-33-111-102(107)108)93(138)126-90(99(146)147)42-66-48-117-81-27-12-6-21-75(66)81/h1-12,16-27,34-36,43-48,55-57,82-90,112-120H,13-15,28-33,37-42,49-54H2,(H,121,139)(H,122,140)(H,123,141)(H,124,136)(H,125,137)(H,126,138)(H,142,143)(H,144,145)(H,146,147)(H4,103,104,109)(H4,105,106,110)(H4,107,108,111)/t82-,83-,84-,85+,86+,87+,88+,89+,90+/m0/s1. The number of aromatic nitrogens is 15. The Labute approximate surface area is 840 Å². The summed E-state index contributed by atoms with van der Waals surface area (Å²) in [5.41, 5.74) is 29.5. The van der Waals surface area contributed by atoms with E-state index in [1.54, 1.807) is 51.2 Å². The van der Waals surface area contributed by atoms with Crippen LogP contribution in [0.5, 0.6) is 0 Å². The summed E-state index contributed by atoms with van der Waals surface area (Å²) in [5.74, 6) is -8.75. The molecule has 7 aromatic carbocycles. The van der Waals surface area contributed by atoms with Gasteiger partial charge in [0.2, 0.25) is 35.4 Å². The third-order valence-electron chi connectivity index (χ3n) is 25.7. The second kappa shape index (κ2) is 48.3. The number of carbonyl (C=O) groups excluding carboxylic acids is 6. The van der Waals surface area contributed by atoms with E-state index < -0.39 is 108 Å². The summed E-state index contributed by atoms with van der Waals surface area (Å²) < 4.78 is 4.88. The number of aliphatic carboxylic acids is 3. The zero-order valence-corrected chi connectivity index (χ0v) is 80.1. The molecule has 762 valence electrons. The Morgan fingerprint density at radius 3 is 0.721 bits per heavy atom. The number of amides is 6. The van der Waals surface area contributed by atoms with Gasteiger partial charge in [0.05, 0.1) is 73.4 Å². The van der Waals surface area contributed by atoms with E-state index >= 15 is 14.4 Å². The molecular weight excluding hydrogens is 1880 g/mol. The van der Waals surface area contributed by atoms with Crippen LogP contribution in [0, 0.1) is 16.2 Å². The molecule has 0 saturated carbocycles. The monoisotopic (exact) mass is 2000 g/mol. The maximum Gasteiger partial charge on any atom is 0.326 e. The quantitative estimate of drug-likeness (QED) is 0.0144. The summed E-state index contributed by atoms with van der Waals surface area (Å²) in [6.07, 6.45) is 16.6. The lowest BCUT2D eigenvalue weighted by Crippen LogP contribution is -2.56. The van der Waals surface area contributed by atoms with Crippen molar-refractivity contribution in [2.45, 2.75) is 171 Å². The van der Waals surface area contributed by atoms with Crippen molar-refractivity contribution < 1.29 is 58.5 Å². The van der Waals surface area contributed by atoms with Crippen LogP contribution in [-0.2, 0) is 121 Å². The number of carbonyl (C=O) groups is 9. The van der Waals surface area contributed by atoms with Gasteiger partial charge < -0.3 is 110 Å². The predicted molar refractivity (Wildman–Crippen MR) is 550 cm³/mol. The number of aromatic amines is 6. The number of fused-ring (bicyclic) bond motifs is 6. The minimum Gasteiger partial charge on any atom is -0.480 e. The van der Waals surface area contributed by atoms with Gasteiger partial charge in [0.25, 0.3) is 0 Å². The summed E-state index contributed by atoms with van der Waals surface area (Å²) >= 11 is 0. The van der Waals surface area contributed by atoms with E-state index in [4.69, 9.17) is 33.4 Å². The Hall–Kier alpha value is -17.9. The molecular formula is C102H117N33O12. The number of hydrogen-bond acceptors (Lipinski definition) is 21. The highest BCUT2D eigenvalue weighted by molar-refractivity contribution is 5.97. The Bertz CT molecular complexity index is 6710.